The first kappa shape index (κ1) is 17.7. The van der Waals surface area contributed by atoms with Crippen LogP contribution in [-0.2, 0) is 16.1 Å². The fourth-order valence-electron chi connectivity index (χ4n) is 2.74. The number of rotatable bonds is 6. The summed E-state index contributed by atoms with van der Waals surface area (Å²) in [5.74, 6) is 0.348. The number of benzene rings is 2. The highest BCUT2D eigenvalue weighted by Gasteiger charge is 2.23. The molecule has 0 fully saturated rings. The number of carbonyl (C=O) groups excluding carboxylic acids is 2. The maximum Gasteiger partial charge on any atom is 0.243 e. The molecule has 2 aromatic carbocycles. The number of ether oxygens (including phenoxy) is 1. The van der Waals surface area contributed by atoms with E-state index >= 15 is 0 Å². The number of methoxy groups -OCH3 is 1. The third kappa shape index (κ3) is 4.47. The van der Waals surface area contributed by atoms with Crippen molar-refractivity contribution in [3.8, 4) is 5.75 Å². The zero-order valence-corrected chi connectivity index (χ0v) is 14.6. The average Bonchev–Trinajstić information content (AvgIpc) is 2.69. The molecule has 2 aromatic rings. The molecular weight excluding hydrogens is 330 g/mol. The van der Waals surface area contributed by atoms with Gasteiger partial charge in [-0.25, -0.2) is 5.01 Å². The van der Waals surface area contributed by atoms with Crippen molar-refractivity contribution >= 4 is 17.5 Å². The third-order valence-corrected chi connectivity index (χ3v) is 4.13. The fourth-order valence-corrected chi connectivity index (χ4v) is 2.74. The number of carbonyl (C=O) groups is 2. The predicted molar refractivity (Wildman–Crippen MR) is 98.8 cm³/mol. The standard InChI is InChI=1S/C20H21N3O3/c1-26-17-9-5-6-15(12-17)13-21-19(24)14-23-20(25)11-10-18(22-23)16-7-3-2-4-8-16/h2-9,12H,10-11,13-14H2,1H3,(H,21,24). The lowest BCUT2D eigenvalue weighted by Crippen LogP contribution is -2.40. The highest BCUT2D eigenvalue weighted by molar-refractivity contribution is 6.04. The van der Waals surface area contributed by atoms with Gasteiger partial charge >= 0.3 is 0 Å². The van der Waals surface area contributed by atoms with Gasteiger partial charge < -0.3 is 10.1 Å². The van der Waals surface area contributed by atoms with Gasteiger partial charge in [-0.15, -0.1) is 0 Å². The van der Waals surface area contributed by atoms with E-state index in [0.29, 0.717) is 19.4 Å². The van der Waals surface area contributed by atoms with Crippen molar-refractivity contribution in [3.63, 3.8) is 0 Å². The van der Waals surface area contributed by atoms with E-state index in [1.54, 1.807) is 7.11 Å². The molecule has 0 aliphatic carbocycles. The quantitative estimate of drug-likeness (QED) is 0.868. The van der Waals surface area contributed by atoms with Crippen LogP contribution in [-0.4, -0.2) is 36.2 Å². The summed E-state index contributed by atoms with van der Waals surface area (Å²) in [5.41, 5.74) is 2.73. The summed E-state index contributed by atoms with van der Waals surface area (Å²) in [6.07, 6.45) is 0.946. The number of nitrogens with one attached hydrogen (secondary N) is 1. The molecule has 1 heterocycles. The second kappa shape index (κ2) is 8.29. The Morgan fingerprint density at radius 2 is 1.96 bits per heavy atom. The van der Waals surface area contributed by atoms with Crippen molar-refractivity contribution in [1.82, 2.24) is 10.3 Å². The first-order valence-electron chi connectivity index (χ1n) is 8.48. The van der Waals surface area contributed by atoms with Crippen LogP contribution in [0.5, 0.6) is 5.75 Å². The van der Waals surface area contributed by atoms with Gasteiger partial charge in [0.05, 0.1) is 12.8 Å². The Bertz CT molecular complexity index is 818. The van der Waals surface area contributed by atoms with Crippen LogP contribution >= 0.6 is 0 Å². The first-order valence-corrected chi connectivity index (χ1v) is 8.48. The smallest absolute Gasteiger partial charge is 0.243 e. The van der Waals surface area contributed by atoms with Crippen LogP contribution in [0.25, 0.3) is 0 Å². The van der Waals surface area contributed by atoms with Gasteiger partial charge in [0.1, 0.15) is 12.3 Å². The number of hydrogen-bond donors (Lipinski definition) is 1. The number of hydrazone groups is 1. The summed E-state index contributed by atoms with van der Waals surface area (Å²) < 4.78 is 5.17. The largest absolute Gasteiger partial charge is 0.497 e. The Morgan fingerprint density at radius 1 is 1.15 bits per heavy atom. The van der Waals surface area contributed by atoms with E-state index in [-0.39, 0.29) is 18.4 Å². The molecule has 0 bridgehead atoms. The zero-order chi connectivity index (χ0) is 18.4. The van der Waals surface area contributed by atoms with Gasteiger partial charge in [-0.05, 0) is 23.3 Å². The number of nitrogens with zero attached hydrogens (tertiary/aromatic N) is 2. The van der Waals surface area contributed by atoms with Crippen molar-refractivity contribution in [3.05, 3.63) is 65.7 Å². The van der Waals surface area contributed by atoms with Crippen LogP contribution in [0.4, 0.5) is 0 Å². The van der Waals surface area contributed by atoms with Gasteiger partial charge in [0.15, 0.2) is 0 Å². The van der Waals surface area contributed by atoms with Gasteiger partial charge in [0, 0.05) is 19.4 Å². The molecule has 6 heteroatoms. The van der Waals surface area contributed by atoms with E-state index in [1.807, 2.05) is 54.6 Å². The summed E-state index contributed by atoms with van der Waals surface area (Å²) in [4.78, 5) is 24.3. The van der Waals surface area contributed by atoms with Gasteiger partial charge in [-0.3, -0.25) is 9.59 Å². The minimum Gasteiger partial charge on any atom is -0.497 e. The first-order chi connectivity index (χ1) is 12.7. The highest BCUT2D eigenvalue weighted by atomic mass is 16.5. The molecule has 0 saturated heterocycles. The molecule has 1 aliphatic heterocycles. The second-order valence-corrected chi connectivity index (χ2v) is 5.99. The molecule has 134 valence electrons. The molecule has 0 spiro atoms. The van der Waals surface area contributed by atoms with E-state index in [0.717, 1.165) is 22.6 Å². The van der Waals surface area contributed by atoms with E-state index < -0.39 is 0 Å². The zero-order valence-electron chi connectivity index (χ0n) is 14.6. The SMILES string of the molecule is COc1cccc(CNC(=O)CN2N=C(c3ccccc3)CCC2=O)c1. The summed E-state index contributed by atoms with van der Waals surface area (Å²) in [5, 5.41) is 8.45. The average molecular weight is 351 g/mol. The second-order valence-electron chi connectivity index (χ2n) is 5.99. The topological polar surface area (TPSA) is 71.0 Å². The monoisotopic (exact) mass is 351 g/mol. The van der Waals surface area contributed by atoms with Crippen molar-refractivity contribution in [1.29, 1.82) is 0 Å². The van der Waals surface area contributed by atoms with E-state index in [9.17, 15) is 9.59 Å². The molecule has 0 aromatic heterocycles. The van der Waals surface area contributed by atoms with E-state index in [1.165, 1.54) is 5.01 Å². The fraction of sp³-hybridized carbons (Fsp3) is 0.250. The maximum absolute atomic E-state index is 12.2. The van der Waals surface area contributed by atoms with Crippen LogP contribution in [0.1, 0.15) is 24.0 Å². The molecule has 6 nitrogen and oxygen atoms in total. The number of amides is 2. The lowest BCUT2D eigenvalue weighted by molar-refractivity contribution is -0.136. The highest BCUT2D eigenvalue weighted by Crippen LogP contribution is 2.15. The minimum absolute atomic E-state index is 0.0842. The van der Waals surface area contributed by atoms with Gasteiger partial charge in [-0.1, -0.05) is 42.5 Å². The van der Waals surface area contributed by atoms with Gasteiger partial charge in [0.2, 0.25) is 11.8 Å². The summed E-state index contributed by atoms with van der Waals surface area (Å²) in [7, 11) is 1.60. The summed E-state index contributed by atoms with van der Waals surface area (Å²) in [6, 6.07) is 17.2. The van der Waals surface area contributed by atoms with Crippen LogP contribution in [0.15, 0.2) is 59.7 Å². The molecule has 1 N–H and O–H groups in total. The summed E-state index contributed by atoms with van der Waals surface area (Å²) >= 11 is 0. The molecular formula is C20H21N3O3. The van der Waals surface area contributed by atoms with E-state index in [2.05, 4.69) is 10.4 Å². The van der Waals surface area contributed by atoms with Crippen molar-refractivity contribution in [2.24, 2.45) is 5.10 Å². The van der Waals surface area contributed by atoms with Crippen molar-refractivity contribution < 1.29 is 14.3 Å². The van der Waals surface area contributed by atoms with Crippen LogP contribution < -0.4 is 10.1 Å². The van der Waals surface area contributed by atoms with Crippen molar-refractivity contribution in [2.45, 2.75) is 19.4 Å². The van der Waals surface area contributed by atoms with E-state index in [4.69, 9.17) is 4.74 Å². The van der Waals surface area contributed by atoms with Gasteiger partial charge in [0.25, 0.3) is 0 Å². The Morgan fingerprint density at radius 3 is 2.73 bits per heavy atom. The molecule has 1 aliphatic rings. The third-order valence-electron chi connectivity index (χ3n) is 4.13. The Labute approximate surface area is 152 Å². The molecule has 0 saturated carbocycles. The Kier molecular flexibility index (Phi) is 5.63. The molecule has 26 heavy (non-hydrogen) atoms. The Hall–Kier alpha value is -3.15. The van der Waals surface area contributed by atoms with Crippen LogP contribution in [0.3, 0.4) is 0 Å². The van der Waals surface area contributed by atoms with Gasteiger partial charge in [-0.2, -0.15) is 5.10 Å². The molecule has 3 rings (SSSR count). The normalized spacial score (nSPS) is 14.0. The molecule has 0 atom stereocenters. The molecule has 0 unspecified atom stereocenters. The minimum atomic E-state index is -0.251. The molecule has 2 amide bonds. The van der Waals surface area contributed by atoms with Crippen LogP contribution in [0.2, 0.25) is 0 Å². The lowest BCUT2D eigenvalue weighted by Gasteiger charge is -2.23. The van der Waals surface area contributed by atoms with Crippen molar-refractivity contribution in [2.75, 3.05) is 13.7 Å². The maximum atomic E-state index is 12.2. The number of hydrogen-bond acceptors (Lipinski definition) is 4. The predicted octanol–water partition coefficient (Wildman–Crippen LogP) is 2.34. The molecule has 0 radical (unpaired) electrons. The summed E-state index contributed by atoms with van der Waals surface area (Å²) in [6.45, 7) is 0.284. The Balaban J connectivity index is 1.61. The van der Waals surface area contributed by atoms with Crippen LogP contribution in [0, 0.1) is 0 Å². The lowest BCUT2D eigenvalue weighted by atomic mass is 10.0.